The maximum Gasteiger partial charge on any atom is 0.188 e. The smallest absolute Gasteiger partial charge is 0.188 e. The van der Waals surface area contributed by atoms with Crippen molar-refractivity contribution in [3.8, 4) is 5.75 Å². The molecule has 0 heterocycles. The van der Waals surface area contributed by atoms with Crippen molar-refractivity contribution < 1.29 is 43.0 Å². The Morgan fingerprint density at radius 2 is 1.51 bits per heavy atom. The lowest BCUT2D eigenvalue weighted by Gasteiger charge is -2.53. The average Bonchev–Trinajstić information content (AvgIpc) is 3.36. The molecule has 2 fully saturated rings. The van der Waals surface area contributed by atoms with Crippen LogP contribution in [0.3, 0.4) is 0 Å². The molecule has 4 rings (SSSR count). The number of hydrogen-bond acceptors (Lipinski definition) is 9. The van der Waals surface area contributed by atoms with Crippen LogP contribution in [-0.2, 0) is 39.6 Å². The zero-order chi connectivity index (χ0) is 30.3. The summed E-state index contributed by atoms with van der Waals surface area (Å²) < 4.78 is 44.6. The second-order valence-electron chi connectivity index (χ2n) is 12.5. The van der Waals surface area contributed by atoms with Crippen LogP contribution in [-0.4, -0.2) is 98.5 Å². The normalized spacial score (nSPS) is 28.0. The molecule has 0 amide bonds. The molecule has 1 aromatic rings. The summed E-state index contributed by atoms with van der Waals surface area (Å²) in [6.07, 6.45) is 9.68. The minimum atomic E-state index is 0.0390. The molecule has 0 bridgehead atoms. The highest BCUT2D eigenvalue weighted by Crippen LogP contribution is 2.63. The molecule has 0 spiro atoms. The molecule has 1 N–H and O–H groups in total. The number of rotatable bonds is 22. The van der Waals surface area contributed by atoms with Gasteiger partial charge in [-0.2, -0.15) is 0 Å². The van der Waals surface area contributed by atoms with E-state index in [4.69, 9.17) is 43.0 Å². The summed E-state index contributed by atoms with van der Waals surface area (Å²) in [5.41, 5.74) is 3.22. The third kappa shape index (κ3) is 9.60. The van der Waals surface area contributed by atoms with Crippen molar-refractivity contribution in [1.29, 1.82) is 0 Å². The van der Waals surface area contributed by atoms with E-state index in [1.165, 1.54) is 43.2 Å². The van der Waals surface area contributed by atoms with Crippen LogP contribution in [0.1, 0.15) is 68.9 Å². The van der Waals surface area contributed by atoms with Crippen molar-refractivity contribution in [2.75, 3.05) is 87.3 Å². The van der Waals surface area contributed by atoms with Crippen LogP contribution in [0.15, 0.2) is 18.2 Å². The van der Waals surface area contributed by atoms with Gasteiger partial charge in [0, 0.05) is 20.8 Å². The number of unbranched alkanes of at least 4 members (excludes halogenated alkanes) is 1. The van der Waals surface area contributed by atoms with E-state index in [0.717, 1.165) is 31.6 Å². The Bertz CT molecular complexity index is 914. The van der Waals surface area contributed by atoms with Crippen molar-refractivity contribution in [3.63, 3.8) is 0 Å². The zero-order valence-electron chi connectivity index (χ0n) is 26.8. The summed E-state index contributed by atoms with van der Waals surface area (Å²) in [7, 11) is 3.38. The average molecular weight is 609 g/mol. The molecule has 2 saturated carbocycles. The summed E-state index contributed by atoms with van der Waals surface area (Å²) in [4.78, 5) is 0. The van der Waals surface area contributed by atoms with Crippen molar-refractivity contribution in [2.24, 2.45) is 23.2 Å². The van der Waals surface area contributed by atoms with Crippen molar-refractivity contribution in [2.45, 2.75) is 70.3 Å². The molecule has 43 heavy (non-hydrogen) atoms. The monoisotopic (exact) mass is 608 g/mol. The molecule has 0 radical (unpaired) electrons. The van der Waals surface area contributed by atoms with Gasteiger partial charge in [-0.1, -0.05) is 19.4 Å². The van der Waals surface area contributed by atoms with Gasteiger partial charge in [-0.3, -0.25) is 0 Å². The zero-order valence-corrected chi connectivity index (χ0v) is 26.8. The first kappa shape index (κ1) is 34.6. The highest BCUT2D eigenvalue weighted by Gasteiger charge is 2.57. The van der Waals surface area contributed by atoms with E-state index >= 15 is 0 Å². The maximum absolute atomic E-state index is 8.68. The van der Waals surface area contributed by atoms with Crippen molar-refractivity contribution in [3.05, 3.63) is 29.3 Å². The predicted octanol–water partition coefficient (Wildman–Crippen LogP) is 4.97. The van der Waals surface area contributed by atoms with E-state index < -0.39 is 0 Å². The largest absolute Gasteiger partial charge is 0.468 e. The number of benzene rings is 1. The van der Waals surface area contributed by atoms with Crippen LogP contribution < -0.4 is 4.74 Å². The number of hydrogen-bond donors (Lipinski definition) is 1. The summed E-state index contributed by atoms with van der Waals surface area (Å²) in [5, 5.41) is 8.68. The Kier molecular flexibility index (Phi) is 15.0. The minimum Gasteiger partial charge on any atom is -0.468 e. The van der Waals surface area contributed by atoms with E-state index in [9.17, 15) is 0 Å². The molecule has 3 aliphatic carbocycles. The van der Waals surface area contributed by atoms with Gasteiger partial charge in [-0.15, -0.1) is 0 Å². The summed E-state index contributed by atoms with van der Waals surface area (Å²) >= 11 is 0. The number of aliphatic hydroxyl groups excluding tert-OH is 1. The molecule has 3 aliphatic rings. The van der Waals surface area contributed by atoms with Gasteiger partial charge in [0.15, 0.2) is 6.79 Å². The lowest BCUT2D eigenvalue weighted by Crippen LogP contribution is -2.47. The molecule has 6 atom stereocenters. The molecular weight excluding hydrogens is 552 g/mol. The number of aliphatic hydroxyl groups is 1. The lowest BCUT2D eigenvalue weighted by atomic mass is 9.52. The van der Waals surface area contributed by atoms with E-state index in [-0.39, 0.29) is 18.8 Å². The molecule has 0 saturated heterocycles. The van der Waals surface area contributed by atoms with Gasteiger partial charge < -0.3 is 43.0 Å². The molecule has 0 aliphatic heterocycles. The quantitative estimate of drug-likeness (QED) is 0.145. The summed E-state index contributed by atoms with van der Waals surface area (Å²) in [6, 6.07) is 6.73. The molecule has 0 aromatic heterocycles. The molecule has 246 valence electrons. The SMILES string of the molecule is COCOc1ccc2c(c1)C[C@@H](CCCCOCCOCCOCCOCCO)[C@@H]1[C@@H]2CC[C@]2(C)[C@@H](OCOC)CC[C@@H]12. The topological polar surface area (TPSA) is 94.1 Å². The highest BCUT2D eigenvalue weighted by molar-refractivity contribution is 5.41. The van der Waals surface area contributed by atoms with Crippen LogP contribution in [0.4, 0.5) is 0 Å². The Morgan fingerprint density at radius 3 is 2.21 bits per heavy atom. The van der Waals surface area contributed by atoms with E-state index in [1.807, 2.05) is 0 Å². The van der Waals surface area contributed by atoms with Crippen LogP contribution in [0.2, 0.25) is 0 Å². The Morgan fingerprint density at radius 1 is 0.814 bits per heavy atom. The van der Waals surface area contributed by atoms with E-state index in [2.05, 4.69) is 25.1 Å². The van der Waals surface area contributed by atoms with Gasteiger partial charge in [0.25, 0.3) is 0 Å². The van der Waals surface area contributed by atoms with Crippen molar-refractivity contribution in [1.82, 2.24) is 0 Å². The first-order chi connectivity index (χ1) is 21.1. The standard InChI is InChI=1S/C34H56O9/c1-34-12-11-30-29-8-7-28(42-24-36-2)23-27(29)22-26(33(30)31(34)9-10-32(34)43-25-37-3)6-4-5-14-38-16-18-40-20-21-41-19-17-39-15-13-35/h7-8,23,26,30-33,35H,4-6,9-22,24-25H2,1-3H3/t26-,30-,31+,32+,33-,34+/m1/s1. The van der Waals surface area contributed by atoms with Gasteiger partial charge in [0.1, 0.15) is 12.5 Å². The number of methoxy groups -OCH3 is 2. The molecule has 0 unspecified atom stereocenters. The second kappa shape index (κ2) is 18.6. The highest BCUT2D eigenvalue weighted by atomic mass is 16.7. The first-order valence-corrected chi connectivity index (χ1v) is 16.4. The fourth-order valence-electron chi connectivity index (χ4n) is 8.08. The van der Waals surface area contributed by atoms with Gasteiger partial charge >= 0.3 is 0 Å². The van der Waals surface area contributed by atoms with Crippen LogP contribution in [0.5, 0.6) is 5.75 Å². The predicted molar refractivity (Wildman–Crippen MR) is 163 cm³/mol. The third-order valence-electron chi connectivity index (χ3n) is 9.98. The Labute approximate surface area is 258 Å². The van der Waals surface area contributed by atoms with E-state index in [1.54, 1.807) is 14.2 Å². The molecule has 1 aromatic carbocycles. The Hall–Kier alpha value is -1.30. The first-order valence-electron chi connectivity index (χ1n) is 16.4. The molecule has 9 heteroatoms. The summed E-state index contributed by atoms with van der Waals surface area (Å²) in [6.45, 7) is 7.58. The number of fused-ring (bicyclic) bond motifs is 5. The van der Waals surface area contributed by atoms with Crippen LogP contribution in [0, 0.1) is 23.2 Å². The van der Waals surface area contributed by atoms with Gasteiger partial charge in [0.2, 0.25) is 0 Å². The van der Waals surface area contributed by atoms with Crippen molar-refractivity contribution >= 4 is 0 Å². The van der Waals surface area contributed by atoms with Gasteiger partial charge in [-0.25, -0.2) is 0 Å². The van der Waals surface area contributed by atoms with E-state index in [0.29, 0.717) is 82.8 Å². The fraction of sp³-hybridized carbons (Fsp3) is 0.824. The van der Waals surface area contributed by atoms with Gasteiger partial charge in [-0.05, 0) is 97.3 Å². The molecular formula is C34H56O9. The summed E-state index contributed by atoms with van der Waals surface area (Å²) in [5.74, 6) is 3.53. The minimum absolute atomic E-state index is 0.0390. The second-order valence-corrected chi connectivity index (χ2v) is 12.5. The van der Waals surface area contributed by atoms with Crippen LogP contribution in [0.25, 0.3) is 0 Å². The lowest BCUT2D eigenvalue weighted by molar-refractivity contribution is -0.128. The Balaban J connectivity index is 1.25. The van der Waals surface area contributed by atoms with Crippen LogP contribution >= 0.6 is 0 Å². The van der Waals surface area contributed by atoms with Gasteiger partial charge in [0.05, 0.1) is 59.0 Å². The molecule has 9 nitrogen and oxygen atoms in total. The third-order valence-corrected chi connectivity index (χ3v) is 9.98. The fourth-order valence-corrected chi connectivity index (χ4v) is 8.08. The maximum atomic E-state index is 8.68. The number of ether oxygens (including phenoxy) is 8.